The van der Waals surface area contributed by atoms with E-state index in [1.807, 2.05) is 0 Å². The van der Waals surface area contributed by atoms with E-state index in [0.717, 1.165) is 11.8 Å². The van der Waals surface area contributed by atoms with Gasteiger partial charge in [0.15, 0.2) is 6.10 Å². The van der Waals surface area contributed by atoms with Crippen molar-refractivity contribution >= 4 is 33.8 Å². The first-order valence-corrected chi connectivity index (χ1v) is 10.9. The van der Waals surface area contributed by atoms with E-state index in [9.17, 15) is 18.0 Å². The molecule has 0 aromatic heterocycles. The van der Waals surface area contributed by atoms with E-state index in [-0.39, 0.29) is 18.1 Å². The molecule has 0 saturated carbocycles. The Morgan fingerprint density at radius 3 is 2.27 bits per heavy atom. The van der Waals surface area contributed by atoms with Crippen LogP contribution in [0.1, 0.15) is 18.1 Å². The highest BCUT2D eigenvalue weighted by atomic mass is 32.2. The molecule has 9 heteroatoms. The van der Waals surface area contributed by atoms with Crippen LogP contribution in [0.4, 0.5) is 5.69 Å². The zero-order valence-corrected chi connectivity index (χ0v) is 17.4. The lowest BCUT2D eigenvalue weighted by molar-refractivity contribution is -0.149. The molecule has 30 heavy (non-hydrogen) atoms. The number of carbonyl (C=O) groups excluding carboxylic acids is 1. The molecule has 0 spiro atoms. The smallest absolute Gasteiger partial charge is 0.333 e. The maximum absolute atomic E-state index is 12.1. The maximum atomic E-state index is 12.1. The van der Waals surface area contributed by atoms with Gasteiger partial charge in [-0.15, -0.1) is 0 Å². The van der Waals surface area contributed by atoms with Crippen LogP contribution >= 0.6 is 0 Å². The summed E-state index contributed by atoms with van der Waals surface area (Å²) in [5.74, 6) is -1.18. The molecular weight excluding hydrogens is 410 g/mol. The quantitative estimate of drug-likeness (QED) is 0.437. The van der Waals surface area contributed by atoms with Crippen LogP contribution in [0.5, 0.6) is 5.75 Å². The summed E-state index contributed by atoms with van der Waals surface area (Å²) in [7, 11) is -3.59. The van der Waals surface area contributed by atoms with E-state index in [1.165, 1.54) is 18.2 Å². The van der Waals surface area contributed by atoms with Gasteiger partial charge in [-0.1, -0.05) is 24.3 Å². The third kappa shape index (κ3) is 8.06. The van der Waals surface area contributed by atoms with Crippen LogP contribution in [0, 0.1) is 0 Å². The fourth-order valence-electron chi connectivity index (χ4n) is 2.52. The summed E-state index contributed by atoms with van der Waals surface area (Å²) in [5, 5.41) is 11.8. The standard InChI is InChI=1S/C21H23NO7S/c1-3-28-19(21(24)25)14-16-4-9-17(10-5-16)22-20(23)13-8-15-6-11-18(12-7-15)29-30(2,26)27/h4-13,19H,3,14H2,1-2H3,(H,22,23)(H,24,25)/b13-8+. The van der Waals surface area contributed by atoms with E-state index in [4.69, 9.17) is 14.0 Å². The first-order chi connectivity index (χ1) is 14.2. The zero-order valence-electron chi connectivity index (χ0n) is 16.6. The zero-order chi connectivity index (χ0) is 22.1. The predicted molar refractivity (Wildman–Crippen MR) is 113 cm³/mol. The number of carboxylic acids is 1. The van der Waals surface area contributed by atoms with Gasteiger partial charge < -0.3 is 19.3 Å². The summed E-state index contributed by atoms with van der Waals surface area (Å²) in [6, 6.07) is 13.1. The first kappa shape index (κ1) is 23.1. The summed E-state index contributed by atoms with van der Waals surface area (Å²) in [4.78, 5) is 23.2. The van der Waals surface area contributed by atoms with Crippen molar-refractivity contribution < 1.29 is 32.0 Å². The summed E-state index contributed by atoms with van der Waals surface area (Å²) < 4.78 is 32.1. The monoisotopic (exact) mass is 433 g/mol. The number of ether oxygens (including phenoxy) is 1. The van der Waals surface area contributed by atoms with Crippen molar-refractivity contribution in [3.8, 4) is 5.75 Å². The average Bonchev–Trinajstić information content (AvgIpc) is 2.67. The van der Waals surface area contributed by atoms with Crippen molar-refractivity contribution in [2.45, 2.75) is 19.4 Å². The second kappa shape index (κ2) is 10.6. The van der Waals surface area contributed by atoms with Crippen LogP contribution in [0.15, 0.2) is 54.6 Å². The molecule has 2 N–H and O–H groups in total. The van der Waals surface area contributed by atoms with E-state index in [0.29, 0.717) is 17.9 Å². The van der Waals surface area contributed by atoms with E-state index >= 15 is 0 Å². The second-order valence-electron chi connectivity index (χ2n) is 6.36. The van der Waals surface area contributed by atoms with Gasteiger partial charge in [-0.2, -0.15) is 8.42 Å². The molecule has 160 valence electrons. The molecule has 0 aliphatic carbocycles. The minimum absolute atomic E-state index is 0.189. The molecule has 8 nitrogen and oxygen atoms in total. The molecule has 2 rings (SSSR count). The fourth-order valence-corrected chi connectivity index (χ4v) is 2.98. The lowest BCUT2D eigenvalue weighted by Gasteiger charge is -2.12. The van der Waals surface area contributed by atoms with Gasteiger partial charge in [-0.05, 0) is 48.4 Å². The molecular formula is C21H23NO7S. The van der Waals surface area contributed by atoms with Crippen LogP contribution in [-0.2, 0) is 30.9 Å². The maximum Gasteiger partial charge on any atom is 0.333 e. The number of carbonyl (C=O) groups is 2. The number of amides is 1. The lowest BCUT2D eigenvalue weighted by Crippen LogP contribution is -2.26. The molecule has 1 atom stereocenters. The van der Waals surface area contributed by atoms with E-state index < -0.39 is 22.2 Å². The molecule has 1 unspecified atom stereocenters. The molecule has 0 aliphatic heterocycles. The summed E-state index contributed by atoms with van der Waals surface area (Å²) in [5.41, 5.74) is 2.03. The van der Waals surface area contributed by atoms with Crippen LogP contribution in [0.25, 0.3) is 6.08 Å². The number of aliphatic carboxylic acids is 1. The topological polar surface area (TPSA) is 119 Å². The van der Waals surface area contributed by atoms with Crippen molar-refractivity contribution in [1.29, 1.82) is 0 Å². The van der Waals surface area contributed by atoms with Gasteiger partial charge in [-0.25, -0.2) is 4.79 Å². The fraction of sp³-hybridized carbons (Fsp3) is 0.238. The van der Waals surface area contributed by atoms with Crippen LogP contribution in [0.2, 0.25) is 0 Å². The van der Waals surface area contributed by atoms with Crippen molar-refractivity contribution in [3.63, 3.8) is 0 Å². The Balaban J connectivity index is 1.92. The Bertz CT molecular complexity index is 997. The largest absolute Gasteiger partial charge is 0.479 e. The molecule has 2 aromatic rings. The van der Waals surface area contributed by atoms with Gasteiger partial charge in [0.1, 0.15) is 5.75 Å². The van der Waals surface area contributed by atoms with Crippen LogP contribution < -0.4 is 9.50 Å². The number of hydrogen-bond donors (Lipinski definition) is 2. The van der Waals surface area contributed by atoms with Crippen molar-refractivity contribution in [3.05, 3.63) is 65.7 Å². The summed E-state index contributed by atoms with van der Waals surface area (Å²) in [6.07, 6.45) is 3.20. The highest BCUT2D eigenvalue weighted by molar-refractivity contribution is 7.86. The van der Waals surface area contributed by atoms with Gasteiger partial charge in [0.2, 0.25) is 5.91 Å². The van der Waals surface area contributed by atoms with Crippen LogP contribution in [-0.4, -0.2) is 44.4 Å². The van der Waals surface area contributed by atoms with Crippen LogP contribution in [0.3, 0.4) is 0 Å². The molecule has 2 aromatic carbocycles. The predicted octanol–water partition coefficient (Wildman–Crippen LogP) is 2.71. The Morgan fingerprint density at radius 2 is 1.73 bits per heavy atom. The van der Waals surface area contributed by atoms with Gasteiger partial charge in [-0.3, -0.25) is 4.79 Å². The van der Waals surface area contributed by atoms with Gasteiger partial charge >= 0.3 is 16.1 Å². The number of hydrogen-bond acceptors (Lipinski definition) is 6. The Hall–Kier alpha value is -3.17. The van der Waals surface area contributed by atoms with Gasteiger partial charge in [0.05, 0.1) is 6.26 Å². The first-order valence-electron chi connectivity index (χ1n) is 9.08. The minimum atomic E-state index is -3.59. The second-order valence-corrected chi connectivity index (χ2v) is 7.94. The van der Waals surface area contributed by atoms with Crippen molar-refractivity contribution in [2.75, 3.05) is 18.2 Å². The Labute approximate surface area is 175 Å². The number of carboxylic acid groups (broad SMARTS) is 1. The summed E-state index contributed by atoms with van der Waals surface area (Å²) >= 11 is 0. The average molecular weight is 433 g/mol. The van der Waals surface area contributed by atoms with Crippen molar-refractivity contribution in [1.82, 2.24) is 0 Å². The van der Waals surface area contributed by atoms with Crippen molar-refractivity contribution in [2.24, 2.45) is 0 Å². The summed E-state index contributed by atoms with van der Waals surface area (Å²) in [6.45, 7) is 2.05. The Morgan fingerprint density at radius 1 is 1.10 bits per heavy atom. The molecule has 0 bridgehead atoms. The minimum Gasteiger partial charge on any atom is -0.479 e. The van der Waals surface area contributed by atoms with E-state index in [1.54, 1.807) is 49.4 Å². The SMILES string of the molecule is CCOC(Cc1ccc(NC(=O)/C=C/c2ccc(OS(C)(=O)=O)cc2)cc1)C(=O)O. The molecule has 0 aliphatic rings. The van der Waals surface area contributed by atoms with Gasteiger partial charge in [0.25, 0.3) is 0 Å². The molecule has 0 heterocycles. The molecule has 0 radical (unpaired) electrons. The van der Waals surface area contributed by atoms with E-state index in [2.05, 4.69) is 5.32 Å². The Kier molecular flexibility index (Phi) is 8.14. The van der Waals surface area contributed by atoms with Gasteiger partial charge in [0, 0.05) is 24.8 Å². The molecule has 0 fully saturated rings. The molecule has 1 amide bonds. The normalized spacial score (nSPS) is 12.5. The third-order valence-electron chi connectivity index (χ3n) is 3.84. The highest BCUT2D eigenvalue weighted by Gasteiger charge is 2.17. The molecule has 0 saturated heterocycles. The number of benzene rings is 2. The lowest BCUT2D eigenvalue weighted by atomic mass is 10.1. The number of nitrogens with one attached hydrogen (secondary N) is 1. The highest BCUT2D eigenvalue weighted by Crippen LogP contribution is 2.16. The number of anilines is 1. The third-order valence-corrected chi connectivity index (χ3v) is 4.34. The number of rotatable bonds is 10.